The van der Waals surface area contributed by atoms with Crippen LogP contribution in [0.25, 0.3) is 0 Å². The fourth-order valence-corrected chi connectivity index (χ4v) is 3.38. The lowest BCUT2D eigenvalue weighted by Gasteiger charge is -2.16. The normalized spacial score (nSPS) is 12.7. The molecule has 0 saturated heterocycles. The number of rotatable bonds is 4. The molecule has 0 aliphatic carbocycles. The zero-order chi connectivity index (χ0) is 14.0. The number of hydrogen-bond donors (Lipinski definition) is 1. The fourth-order valence-electron chi connectivity index (χ4n) is 2.23. The van der Waals surface area contributed by atoms with Gasteiger partial charge in [0.05, 0.1) is 0 Å². The first-order chi connectivity index (χ1) is 9.01. The molecule has 4 heteroatoms. The lowest BCUT2D eigenvalue weighted by molar-refractivity contribution is 0.504. The van der Waals surface area contributed by atoms with Crippen molar-refractivity contribution in [1.29, 1.82) is 0 Å². The monoisotopic (exact) mass is 281 g/mol. The molecule has 0 fully saturated rings. The van der Waals surface area contributed by atoms with Crippen LogP contribution in [0.1, 0.15) is 26.9 Å². The molecule has 1 unspecified atom stereocenters. The number of likely N-dealkylation sites (N-methyl/N-ethyl adjacent to an activating group) is 1. The van der Waals surface area contributed by atoms with Gasteiger partial charge in [-0.15, -0.1) is 11.3 Å². The van der Waals surface area contributed by atoms with Gasteiger partial charge in [-0.25, -0.2) is 8.78 Å². The molecule has 1 aromatic heterocycles. The molecule has 0 radical (unpaired) electrons. The first kappa shape index (κ1) is 14.2. The van der Waals surface area contributed by atoms with Gasteiger partial charge in [0.1, 0.15) is 0 Å². The Balaban J connectivity index is 2.23. The molecule has 0 saturated carbocycles. The molecule has 0 amide bonds. The van der Waals surface area contributed by atoms with Gasteiger partial charge in [0.25, 0.3) is 0 Å². The quantitative estimate of drug-likeness (QED) is 0.888. The standard InChI is InChI=1S/C15H17F2NS/c1-9-6-10(2)19-15(9)14(18-3)8-11-4-5-12(16)13(17)7-11/h4-7,14,18H,8H2,1-3H3. The third kappa shape index (κ3) is 3.19. The van der Waals surface area contributed by atoms with Crippen LogP contribution in [0.4, 0.5) is 8.78 Å². The van der Waals surface area contributed by atoms with Crippen molar-refractivity contribution in [2.24, 2.45) is 0 Å². The average Bonchev–Trinajstić information content (AvgIpc) is 2.70. The second-order valence-corrected chi connectivity index (χ2v) is 5.99. The highest BCUT2D eigenvalue weighted by Gasteiger charge is 2.16. The molecule has 2 rings (SSSR count). The van der Waals surface area contributed by atoms with Crippen LogP contribution in [0.3, 0.4) is 0 Å². The highest BCUT2D eigenvalue weighted by molar-refractivity contribution is 7.12. The van der Waals surface area contributed by atoms with E-state index < -0.39 is 11.6 Å². The van der Waals surface area contributed by atoms with Crippen molar-refractivity contribution >= 4 is 11.3 Å². The Morgan fingerprint density at radius 2 is 1.89 bits per heavy atom. The summed E-state index contributed by atoms with van der Waals surface area (Å²) in [6, 6.07) is 6.37. The number of halogens is 2. The number of hydrogen-bond acceptors (Lipinski definition) is 2. The SMILES string of the molecule is CNC(Cc1ccc(F)c(F)c1)c1sc(C)cc1C. The highest BCUT2D eigenvalue weighted by atomic mass is 32.1. The maximum Gasteiger partial charge on any atom is 0.159 e. The summed E-state index contributed by atoms with van der Waals surface area (Å²) in [5.41, 5.74) is 2.04. The van der Waals surface area contributed by atoms with Crippen LogP contribution in [0.5, 0.6) is 0 Å². The van der Waals surface area contributed by atoms with E-state index >= 15 is 0 Å². The van der Waals surface area contributed by atoms with Crippen LogP contribution in [-0.2, 0) is 6.42 Å². The highest BCUT2D eigenvalue weighted by Crippen LogP contribution is 2.29. The number of aryl methyl sites for hydroxylation is 2. The number of benzene rings is 1. The molecule has 1 nitrogen and oxygen atoms in total. The van der Waals surface area contributed by atoms with Crippen LogP contribution < -0.4 is 5.32 Å². The third-order valence-electron chi connectivity index (χ3n) is 3.17. The lowest BCUT2D eigenvalue weighted by atomic mass is 10.0. The molecule has 1 aromatic carbocycles. The van der Waals surface area contributed by atoms with Crippen molar-refractivity contribution in [1.82, 2.24) is 5.32 Å². The van der Waals surface area contributed by atoms with Crippen molar-refractivity contribution in [2.45, 2.75) is 26.3 Å². The van der Waals surface area contributed by atoms with Gasteiger partial charge < -0.3 is 5.32 Å². The Kier molecular flexibility index (Phi) is 4.32. The van der Waals surface area contributed by atoms with Crippen LogP contribution in [0.2, 0.25) is 0 Å². The second kappa shape index (κ2) is 5.80. The predicted molar refractivity (Wildman–Crippen MR) is 75.7 cm³/mol. The Hall–Kier alpha value is -1.26. The molecule has 0 aliphatic heterocycles. The smallest absolute Gasteiger partial charge is 0.159 e. The van der Waals surface area contributed by atoms with Gasteiger partial charge in [-0.2, -0.15) is 0 Å². The van der Waals surface area contributed by atoms with E-state index in [-0.39, 0.29) is 6.04 Å². The summed E-state index contributed by atoms with van der Waals surface area (Å²) in [6.07, 6.45) is 0.647. The summed E-state index contributed by atoms with van der Waals surface area (Å²) < 4.78 is 26.1. The topological polar surface area (TPSA) is 12.0 Å². The minimum Gasteiger partial charge on any atom is -0.312 e. The van der Waals surface area contributed by atoms with E-state index in [0.717, 1.165) is 5.56 Å². The summed E-state index contributed by atoms with van der Waals surface area (Å²) in [4.78, 5) is 2.52. The zero-order valence-corrected chi connectivity index (χ0v) is 12.1. The summed E-state index contributed by atoms with van der Waals surface area (Å²) in [7, 11) is 1.89. The molecule has 0 bridgehead atoms. The minimum atomic E-state index is -0.798. The van der Waals surface area contributed by atoms with Crippen LogP contribution in [0, 0.1) is 25.5 Å². The molecule has 2 aromatic rings. The van der Waals surface area contributed by atoms with Crippen molar-refractivity contribution in [3.63, 3.8) is 0 Å². The van der Waals surface area contributed by atoms with Gasteiger partial charge in [-0.1, -0.05) is 6.07 Å². The van der Waals surface area contributed by atoms with Crippen LogP contribution in [0.15, 0.2) is 24.3 Å². The van der Waals surface area contributed by atoms with Gasteiger partial charge in [0.2, 0.25) is 0 Å². The van der Waals surface area contributed by atoms with E-state index in [2.05, 4.69) is 25.2 Å². The summed E-state index contributed by atoms with van der Waals surface area (Å²) in [5.74, 6) is -1.58. The van der Waals surface area contributed by atoms with Gasteiger partial charge in [-0.3, -0.25) is 0 Å². The molecule has 1 atom stereocenters. The van der Waals surface area contributed by atoms with E-state index in [9.17, 15) is 8.78 Å². The van der Waals surface area contributed by atoms with Gasteiger partial charge in [-0.05, 0) is 56.6 Å². The Labute approximate surface area is 116 Å². The Bertz CT molecular complexity index is 578. The Morgan fingerprint density at radius 3 is 2.42 bits per heavy atom. The second-order valence-electron chi connectivity index (χ2n) is 4.70. The molecule has 1 heterocycles. The summed E-state index contributed by atoms with van der Waals surface area (Å²) in [6.45, 7) is 4.15. The van der Waals surface area contributed by atoms with Crippen molar-refractivity contribution in [3.05, 3.63) is 56.8 Å². The van der Waals surface area contributed by atoms with Gasteiger partial charge in [0.15, 0.2) is 11.6 Å². The summed E-state index contributed by atoms with van der Waals surface area (Å²) >= 11 is 1.74. The molecule has 102 valence electrons. The van der Waals surface area contributed by atoms with Crippen molar-refractivity contribution in [3.8, 4) is 0 Å². The maximum atomic E-state index is 13.2. The third-order valence-corrected chi connectivity index (χ3v) is 4.43. The zero-order valence-electron chi connectivity index (χ0n) is 11.3. The molecule has 0 spiro atoms. The number of thiophene rings is 1. The van der Waals surface area contributed by atoms with Crippen molar-refractivity contribution in [2.75, 3.05) is 7.05 Å². The van der Waals surface area contributed by atoms with E-state index in [1.165, 1.54) is 27.5 Å². The van der Waals surface area contributed by atoms with E-state index in [1.807, 2.05) is 7.05 Å². The Morgan fingerprint density at radius 1 is 1.16 bits per heavy atom. The maximum absolute atomic E-state index is 13.2. The summed E-state index contributed by atoms with van der Waals surface area (Å²) in [5, 5.41) is 3.25. The fraction of sp³-hybridized carbons (Fsp3) is 0.333. The van der Waals surface area contributed by atoms with E-state index in [1.54, 1.807) is 17.4 Å². The van der Waals surface area contributed by atoms with Crippen LogP contribution in [-0.4, -0.2) is 7.05 Å². The predicted octanol–water partition coefficient (Wildman–Crippen LogP) is 4.15. The van der Waals surface area contributed by atoms with Gasteiger partial charge >= 0.3 is 0 Å². The minimum absolute atomic E-state index is 0.128. The average molecular weight is 281 g/mol. The molecule has 19 heavy (non-hydrogen) atoms. The molecule has 0 aliphatic rings. The molecular weight excluding hydrogens is 264 g/mol. The van der Waals surface area contributed by atoms with E-state index in [4.69, 9.17) is 0 Å². The lowest BCUT2D eigenvalue weighted by Crippen LogP contribution is -2.18. The van der Waals surface area contributed by atoms with Crippen LogP contribution >= 0.6 is 11.3 Å². The molecule has 1 N–H and O–H groups in total. The number of nitrogens with one attached hydrogen (secondary N) is 1. The molecular formula is C15H17F2NS. The first-order valence-corrected chi connectivity index (χ1v) is 7.01. The van der Waals surface area contributed by atoms with E-state index in [0.29, 0.717) is 6.42 Å². The largest absolute Gasteiger partial charge is 0.312 e. The van der Waals surface area contributed by atoms with Crippen molar-refractivity contribution < 1.29 is 8.78 Å². The van der Waals surface area contributed by atoms with Gasteiger partial charge in [0, 0.05) is 15.8 Å². The first-order valence-electron chi connectivity index (χ1n) is 6.19.